The van der Waals surface area contributed by atoms with Crippen LogP contribution >= 0.6 is 0 Å². The molecule has 0 spiro atoms. The molecule has 2 aromatic rings. The van der Waals surface area contributed by atoms with E-state index in [1.54, 1.807) is 6.07 Å². The standard InChI is InChI=1S/C17H17FN2O3/c18-13-5-10-14(6-12(13)17(8-19)3-4-17)20(9-1-2-9)7-11(15(10)21)16(22)23/h5-7,9H,1-4,8,19H2,(H,22,23). The number of aromatic nitrogens is 1. The van der Waals surface area contributed by atoms with Crippen molar-refractivity contribution < 1.29 is 14.3 Å². The molecule has 0 saturated heterocycles. The molecule has 0 atom stereocenters. The zero-order valence-electron chi connectivity index (χ0n) is 12.5. The van der Waals surface area contributed by atoms with Crippen LogP contribution in [0.25, 0.3) is 10.9 Å². The molecule has 0 aliphatic heterocycles. The molecule has 0 amide bonds. The SMILES string of the molecule is NCC1(c2cc3c(cc2F)c(=O)c(C(=O)O)cn3C2CC2)CC1. The Morgan fingerprint density at radius 2 is 2.09 bits per heavy atom. The first-order chi connectivity index (χ1) is 11.0. The number of aromatic carboxylic acids is 1. The number of carbonyl (C=O) groups is 1. The Balaban J connectivity index is 2.05. The minimum atomic E-state index is -1.28. The second-order valence-electron chi connectivity index (χ2n) is 6.65. The smallest absolute Gasteiger partial charge is 0.341 e. The lowest BCUT2D eigenvalue weighted by molar-refractivity contribution is 0.0695. The van der Waals surface area contributed by atoms with E-state index in [2.05, 4.69) is 0 Å². The highest BCUT2D eigenvalue weighted by atomic mass is 19.1. The van der Waals surface area contributed by atoms with Gasteiger partial charge in [0.05, 0.1) is 5.52 Å². The summed E-state index contributed by atoms with van der Waals surface area (Å²) >= 11 is 0. The number of hydrogen-bond acceptors (Lipinski definition) is 3. The van der Waals surface area contributed by atoms with Crippen LogP contribution in [0.5, 0.6) is 0 Å². The summed E-state index contributed by atoms with van der Waals surface area (Å²) in [5.41, 5.74) is 5.69. The number of rotatable bonds is 4. The minimum Gasteiger partial charge on any atom is -0.477 e. The number of carboxylic acid groups (broad SMARTS) is 1. The number of halogens is 1. The fourth-order valence-electron chi connectivity index (χ4n) is 3.32. The van der Waals surface area contributed by atoms with Crippen molar-refractivity contribution in [3.8, 4) is 0 Å². The number of nitrogens with zero attached hydrogens (tertiary/aromatic N) is 1. The van der Waals surface area contributed by atoms with Crippen molar-refractivity contribution in [2.24, 2.45) is 5.73 Å². The Hall–Kier alpha value is -2.21. The number of nitrogens with two attached hydrogens (primary N) is 1. The highest BCUT2D eigenvalue weighted by molar-refractivity contribution is 5.93. The lowest BCUT2D eigenvalue weighted by Gasteiger charge is -2.18. The minimum absolute atomic E-state index is 0.130. The van der Waals surface area contributed by atoms with Gasteiger partial charge in [0.15, 0.2) is 0 Å². The predicted octanol–water partition coefficient (Wildman–Crippen LogP) is 2.16. The Bertz CT molecular complexity index is 895. The maximum atomic E-state index is 14.6. The van der Waals surface area contributed by atoms with Crippen molar-refractivity contribution in [1.82, 2.24) is 4.57 Å². The molecule has 2 fully saturated rings. The van der Waals surface area contributed by atoms with Crippen molar-refractivity contribution >= 4 is 16.9 Å². The van der Waals surface area contributed by atoms with Gasteiger partial charge in [-0.05, 0) is 43.4 Å². The number of hydrogen-bond donors (Lipinski definition) is 2. The number of fused-ring (bicyclic) bond motifs is 1. The summed E-state index contributed by atoms with van der Waals surface area (Å²) in [5, 5.41) is 9.36. The van der Waals surface area contributed by atoms with E-state index in [9.17, 15) is 19.1 Å². The topological polar surface area (TPSA) is 85.3 Å². The summed E-state index contributed by atoms with van der Waals surface area (Å²) < 4.78 is 16.4. The van der Waals surface area contributed by atoms with Crippen molar-refractivity contribution in [2.75, 3.05) is 6.54 Å². The van der Waals surface area contributed by atoms with E-state index in [0.717, 1.165) is 25.7 Å². The molecule has 0 unspecified atom stereocenters. The van der Waals surface area contributed by atoms with Crippen LogP contribution in [-0.4, -0.2) is 22.2 Å². The van der Waals surface area contributed by atoms with Gasteiger partial charge in [0.1, 0.15) is 11.4 Å². The molecule has 120 valence electrons. The number of benzene rings is 1. The van der Waals surface area contributed by atoms with E-state index >= 15 is 0 Å². The van der Waals surface area contributed by atoms with Crippen molar-refractivity contribution in [3.05, 3.63) is 45.5 Å². The first-order valence-electron chi connectivity index (χ1n) is 7.79. The fourth-order valence-corrected chi connectivity index (χ4v) is 3.32. The van der Waals surface area contributed by atoms with Crippen LogP contribution in [0, 0.1) is 5.82 Å². The predicted molar refractivity (Wildman–Crippen MR) is 83.4 cm³/mol. The maximum absolute atomic E-state index is 14.6. The first-order valence-corrected chi connectivity index (χ1v) is 7.79. The molecular formula is C17H17FN2O3. The first kappa shape index (κ1) is 14.4. The van der Waals surface area contributed by atoms with Crippen molar-refractivity contribution in [3.63, 3.8) is 0 Å². The van der Waals surface area contributed by atoms with Crippen molar-refractivity contribution in [1.29, 1.82) is 0 Å². The van der Waals surface area contributed by atoms with Gasteiger partial charge in [-0.2, -0.15) is 0 Å². The molecule has 2 saturated carbocycles. The molecule has 1 aromatic heterocycles. The number of carboxylic acids is 1. The van der Waals surface area contributed by atoms with E-state index < -0.39 is 17.2 Å². The van der Waals surface area contributed by atoms with Crippen LogP contribution in [0.4, 0.5) is 4.39 Å². The van der Waals surface area contributed by atoms with Gasteiger partial charge in [-0.3, -0.25) is 4.79 Å². The van der Waals surface area contributed by atoms with Crippen LogP contribution in [0.2, 0.25) is 0 Å². The van der Waals surface area contributed by atoms with E-state index in [0.29, 0.717) is 17.6 Å². The third-order valence-electron chi connectivity index (χ3n) is 5.11. The van der Waals surface area contributed by atoms with Gasteiger partial charge in [0.25, 0.3) is 0 Å². The molecule has 2 aliphatic rings. The average molecular weight is 316 g/mol. The normalized spacial score (nSPS) is 19.0. The lowest BCUT2D eigenvalue weighted by atomic mass is 9.93. The zero-order chi connectivity index (χ0) is 16.4. The van der Waals surface area contributed by atoms with Gasteiger partial charge in [0.2, 0.25) is 5.43 Å². The van der Waals surface area contributed by atoms with Crippen LogP contribution in [0.1, 0.15) is 47.6 Å². The molecule has 0 bridgehead atoms. The zero-order valence-corrected chi connectivity index (χ0v) is 12.5. The van der Waals surface area contributed by atoms with E-state index in [4.69, 9.17) is 5.73 Å². The summed E-state index contributed by atoms with van der Waals surface area (Å²) in [7, 11) is 0. The van der Waals surface area contributed by atoms with Gasteiger partial charge in [-0.1, -0.05) is 0 Å². The molecule has 1 aromatic carbocycles. The Kier molecular flexibility index (Phi) is 2.90. The van der Waals surface area contributed by atoms with Gasteiger partial charge in [-0.25, -0.2) is 9.18 Å². The lowest BCUT2D eigenvalue weighted by Crippen LogP contribution is -2.23. The molecule has 5 nitrogen and oxygen atoms in total. The fraction of sp³-hybridized carbons (Fsp3) is 0.412. The average Bonchev–Trinajstić information content (AvgIpc) is 3.41. The van der Waals surface area contributed by atoms with Crippen LogP contribution in [-0.2, 0) is 5.41 Å². The Morgan fingerprint density at radius 1 is 1.39 bits per heavy atom. The molecule has 2 aliphatic carbocycles. The molecular weight excluding hydrogens is 299 g/mol. The van der Waals surface area contributed by atoms with Gasteiger partial charge >= 0.3 is 5.97 Å². The van der Waals surface area contributed by atoms with Gasteiger partial charge in [-0.15, -0.1) is 0 Å². The summed E-state index contributed by atoms with van der Waals surface area (Å²) in [6, 6.07) is 3.08. The second kappa shape index (κ2) is 4.64. The molecule has 23 heavy (non-hydrogen) atoms. The Labute approximate surface area is 131 Å². The molecule has 6 heteroatoms. The highest BCUT2D eigenvalue weighted by Crippen LogP contribution is 2.49. The quantitative estimate of drug-likeness (QED) is 0.905. The summed E-state index contributed by atoms with van der Waals surface area (Å²) in [6.45, 7) is 0.371. The molecule has 4 rings (SSSR count). The van der Waals surface area contributed by atoms with Crippen LogP contribution in [0.15, 0.2) is 23.1 Å². The molecule has 3 N–H and O–H groups in total. The van der Waals surface area contributed by atoms with E-state index in [-0.39, 0.29) is 22.4 Å². The largest absolute Gasteiger partial charge is 0.477 e. The molecule has 1 heterocycles. The summed E-state index contributed by atoms with van der Waals surface area (Å²) in [6.07, 6.45) is 4.95. The third kappa shape index (κ3) is 2.09. The van der Waals surface area contributed by atoms with Crippen molar-refractivity contribution in [2.45, 2.75) is 37.1 Å². The number of pyridine rings is 1. The summed E-state index contributed by atoms with van der Waals surface area (Å²) in [4.78, 5) is 23.7. The van der Waals surface area contributed by atoms with Gasteiger partial charge < -0.3 is 15.4 Å². The third-order valence-corrected chi connectivity index (χ3v) is 5.11. The monoisotopic (exact) mass is 316 g/mol. The summed E-state index contributed by atoms with van der Waals surface area (Å²) in [5.74, 6) is -1.75. The van der Waals surface area contributed by atoms with Crippen LogP contribution in [0.3, 0.4) is 0 Å². The highest BCUT2D eigenvalue weighted by Gasteiger charge is 2.45. The second-order valence-corrected chi connectivity index (χ2v) is 6.65. The Morgan fingerprint density at radius 3 is 2.61 bits per heavy atom. The van der Waals surface area contributed by atoms with Crippen LogP contribution < -0.4 is 11.2 Å². The van der Waals surface area contributed by atoms with Gasteiger partial charge in [0, 0.05) is 29.6 Å². The maximum Gasteiger partial charge on any atom is 0.341 e. The van der Waals surface area contributed by atoms with E-state index in [1.807, 2.05) is 4.57 Å². The molecule has 0 radical (unpaired) electrons. The van der Waals surface area contributed by atoms with E-state index in [1.165, 1.54) is 12.3 Å².